The number of nitrogens with one attached hydrogen (secondary N) is 1. The van der Waals surface area contributed by atoms with Gasteiger partial charge < -0.3 is 4.90 Å². The predicted molar refractivity (Wildman–Crippen MR) is 98.9 cm³/mol. The number of fused-ring (bicyclic) bond motifs is 5. The SMILES string of the molecule is CC1=C[C@@H]2[C@@H]3C(=O)NC(=O)[C@H]3[C@H](C(=O)c3cccs3)N2c2ccccc21. The summed E-state index contributed by atoms with van der Waals surface area (Å²) in [6.45, 7) is 2.01. The van der Waals surface area contributed by atoms with Crippen LogP contribution in [-0.2, 0) is 9.59 Å². The van der Waals surface area contributed by atoms with E-state index in [-0.39, 0.29) is 23.6 Å². The monoisotopic (exact) mass is 364 g/mol. The van der Waals surface area contributed by atoms with Crippen LogP contribution < -0.4 is 10.2 Å². The fourth-order valence-electron chi connectivity index (χ4n) is 4.58. The van der Waals surface area contributed by atoms with Crippen molar-refractivity contribution in [1.29, 1.82) is 0 Å². The average Bonchev–Trinajstić information content (AvgIpc) is 3.33. The third kappa shape index (κ3) is 1.93. The van der Waals surface area contributed by atoms with Gasteiger partial charge >= 0.3 is 0 Å². The number of hydrogen-bond acceptors (Lipinski definition) is 5. The first-order valence-corrected chi connectivity index (χ1v) is 9.44. The third-order valence-electron chi connectivity index (χ3n) is 5.63. The zero-order valence-electron chi connectivity index (χ0n) is 14.0. The number of thiophene rings is 1. The van der Waals surface area contributed by atoms with Gasteiger partial charge in [-0.1, -0.05) is 30.3 Å². The smallest absolute Gasteiger partial charge is 0.233 e. The summed E-state index contributed by atoms with van der Waals surface area (Å²) >= 11 is 1.37. The van der Waals surface area contributed by atoms with Crippen molar-refractivity contribution < 1.29 is 14.4 Å². The number of para-hydroxylation sites is 1. The fourth-order valence-corrected chi connectivity index (χ4v) is 5.28. The molecule has 1 aromatic carbocycles. The molecule has 4 atom stereocenters. The Bertz CT molecular complexity index is 979. The van der Waals surface area contributed by atoms with Crippen molar-refractivity contribution in [3.8, 4) is 0 Å². The minimum atomic E-state index is -0.666. The lowest BCUT2D eigenvalue weighted by atomic mass is 9.86. The molecule has 0 spiro atoms. The standard InChI is InChI=1S/C20H16N2O3S/c1-10-9-13-15-16(20(25)21-19(15)24)17(18(23)14-7-4-8-26-14)22(13)12-6-3-2-5-11(10)12/h2-9,13,15-17H,1H3,(H,21,24,25)/t13-,15+,16-,17-/m1/s1. The lowest BCUT2D eigenvalue weighted by Gasteiger charge is -2.37. The molecule has 130 valence electrons. The van der Waals surface area contributed by atoms with E-state index >= 15 is 0 Å². The molecule has 3 aliphatic rings. The van der Waals surface area contributed by atoms with E-state index in [4.69, 9.17) is 0 Å². The second kappa shape index (κ2) is 5.38. The zero-order chi connectivity index (χ0) is 18.0. The van der Waals surface area contributed by atoms with Gasteiger partial charge in [0.1, 0.15) is 6.04 Å². The number of imide groups is 1. The van der Waals surface area contributed by atoms with Crippen molar-refractivity contribution in [1.82, 2.24) is 5.32 Å². The number of hydrogen-bond donors (Lipinski definition) is 1. The second-order valence-electron chi connectivity index (χ2n) is 6.96. The third-order valence-corrected chi connectivity index (χ3v) is 6.51. The van der Waals surface area contributed by atoms with Crippen molar-refractivity contribution in [2.45, 2.75) is 19.0 Å². The topological polar surface area (TPSA) is 66.5 Å². The normalized spacial score (nSPS) is 29.0. The maximum atomic E-state index is 13.3. The molecular weight excluding hydrogens is 348 g/mol. The first kappa shape index (κ1) is 15.5. The van der Waals surface area contributed by atoms with Gasteiger partial charge in [-0.2, -0.15) is 0 Å². The number of carbonyl (C=O) groups excluding carboxylic acids is 3. The average molecular weight is 364 g/mol. The Morgan fingerprint density at radius 2 is 1.85 bits per heavy atom. The first-order valence-electron chi connectivity index (χ1n) is 8.56. The van der Waals surface area contributed by atoms with Crippen LogP contribution in [-0.4, -0.2) is 29.7 Å². The van der Waals surface area contributed by atoms with Gasteiger partial charge in [0.25, 0.3) is 0 Å². The Hall–Kier alpha value is -2.73. The molecule has 3 aliphatic heterocycles. The van der Waals surface area contributed by atoms with Crippen LogP contribution in [0.4, 0.5) is 5.69 Å². The van der Waals surface area contributed by atoms with E-state index in [1.807, 2.05) is 53.6 Å². The summed E-state index contributed by atoms with van der Waals surface area (Å²) in [5.41, 5.74) is 3.03. The van der Waals surface area contributed by atoms with Crippen molar-refractivity contribution in [2.75, 3.05) is 4.90 Å². The van der Waals surface area contributed by atoms with Crippen molar-refractivity contribution in [3.05, 3.63) is 58.3 Å². The largest absolute Gasteiger partial charge is 0.352 e. The van der Waals surface area contributed by atoms with Crippen LogP contribution in [0.1, 0.15) is 22.2 Å². The van der Waals surface area contributed by atoms with E-state index < -0.39 is 17.9 Å². The molecule has 5 nitrogen and oxygen atoms in total. The van der Waals surface area contributed by atoms with E-state index in [1.165, 1.54) is 11.3 Å². The van der Waals surface area contributed by atoms with Gasteiger partial charge in [0.15, 0.2) is 5.78 Å². The number of ketones is 1. The molecule has 5 rings (SSSR count). The Balaban J connectivity index is 1.71. The number of nitrogens with zero attached hydrogens (tertiary/aromatic N) is 1. The molecule has 26 heavy (non-hydrogen) atoms. The van der Waals surface area contributed by atoms with E-state index in [2.05, 4.69) is 5.32 Å². The van der Waals surface area contributed by atoms with E-state index in [0.29, 0.717) is 4.88 Å². The molecule has 6 heteroatoms. The molecule has 2 aromatic rings. The molecule has 1 aromatic heterocycles. The molecule has 2 amide bonds. The van der Waals surface area contributed by atoms with Crippen LogP contribution in [0, 0.1) is 11.8 Å². The number of allylic oxidation sites excluding steroid dienone is 1. The summed E-state index contributed by atoms with van der Waals surface area (Å²) in [5.74, 6) is -1.89. The molecule has 2 saturated heterocycles. The number of benzene rings is 1. The van der Waals surface area contributed by atoms with E-state index in [0.717, 1.165) is 16.8 Å². The van der Waals surface area contributed by atoms with Crippen molar-refractivity contribution in [3.63, 3.8) is 0 Å². The highest BCUT2D eigenvalue weighted by Gasteiger charge is 2.61. The van der Waals surface area contributed by atoms with Crippen LogP contribution in [0.15, 0.2) is 47.9 Å². The summed E-state index contributed by atoms with van der Waals surface area (Å²) in [7, 11) is 0. The van der Waals surface area contributed by atoms with Crippen molar-refractivity contribution >= 4 is 40.2 Å². The minimum Gasteiger partial charge on any atom is -0.352 e. The molecule has 2 fully saturated rings. The van der Waals surface area contributed by atoms with Crippen LogP contribution in [0.5, 0.6) is 0 Å². The highest BCUT2D eigenvalue weighted by molar-refractivity contribution is 7.12. The maximum Gasteiger partial charge on any atom is 0.233 e. The summed E-state index contributed by atoms with van der Waals surface area (Å²) in [6, 6.07) is 10.5. The summed E-state index contributed by atoms with van der Waals surface area (Å²) in [6.07, 6.45) is 2.03. The summed E-state index contributed by atoms with van der Waals surface area (Å²) in [5, 5.41) is 4.29. The van der Waals surface area contributed by atoms with Gasteiger partial charge in [-0.3, -0.25) is 19.7 Å². The highest BCUT2D eigenvalue weighted by Crippen LogP contribution is 2.48. The zero-order valence-corrected chi connectivity index (χ0v) is 14.8. The number of amides is 2. The maximum absolute atomic E-state index is 13.3. The first-order chi connectivity index (χ1) is 12.6. The van der Waals surface area contributed by atoms with Gasteiger partial charge in [-0.25, -0.2) is 0 Å². The van der Waals surface area contributed by atoms with Gasteiger partial charge in [0.05, 0.1) is 22.8 Å². The predicted octanol–water partition coefficient (Wildman–Crippen LogP) is 2.49. The molecule has 0 radical (unpaired) electrons. The molecule has 0 bridgehead atoms. The van der Waals surface area contributed by atoms with Crippen LogP contribution in [0.25, 0.3) is 5.57 Å². The minimum absolute atomic E-state index is 0.0925. The van der Waals surface area contributed by atoms with E-state index in [1.54, 1.807) is 6.07 Å². The molecule has 0 saturated carbocycles. The number of carbonyl (C=O) groups is 3. The molecule has 0 aliphatic carbocycles. The Morgan fingerprint density at radius 1 is 1.08 bits per heavy atom. The molecule has 4 heterocycles. The van der Waals surface area contributed by atoms with E-state index in [9.17, 15) is 14.4 Å². The second-order valence-corrected chi connectivity index (χ2v) is 7.90. The fraction of sp³-hybridized carbons (Fsp3) is 0.250. The number of anilines is 1. The van der Waals surface area contributed by atoms with Gasteiger partial charge in [0.2, 0.25) is 11.8 Å². The van der Waals surface area contributed by atoms with Crippen LogP contribution >= 0.6 is 11.3 Å². The molecular formula is C20H16N2O3S. The Morgan fingerprint density at radius 3 is 2.62 bits per heavy atom. The van der Waals surface area contributed by atoms with Gasteiger partial charge in [-0.05, 0) is 30.0 Å². The summed E-state index contributed by atoms with van der Waals surface area (Å²) in [4.78, 5) is 41.0. The van der Waals surface area contributed by atoms with Crippen molar-refractivity contribution in [2.24, 2.45) is 11.8 Å². The molecule has 0 unspecified atom stereocenters. The molecule has 1 N–H and O–H groups in total. The van der Waals surface area contributed by atoms with Crippen LogP contribution in [0.2, 0.25) is 0 Å². The quantitative estimate of drug-likeness (QED) is 0.657. The summed E-state index contributed by atoms with van der Waals surface area (Å²) < 4.78 is 0. The lowest BCUT2D eigenvalue weighted by molar-refractivity contribution is -0.126. The van der Waals surface area contributed by atoms with Crippen LogP contribution in [0.3, 0.4) is 0 Å². The van der Waals surface area contributed by atoms with Gasteiger partial charge in [0, 0.05) is 11.3 Å². The van der Waals surface area contributed by atoms with Gasteiger partial charge in [-0.15, -0.1) is 11.3 Å². The number of rotatable bonds is 2. The number of Topliss-reactive ketones (excluding diaryl/α,β-unsaturated/α-hetero) is 1. The Kier molecular flexibility index (Phi) is 3.21. The Labute approximate surface area is 154 Å². The highest BCUT2D eigenvalue weighted by atomic mass is 32.1. The lowest BCUT2D eigenvalue weighted by Crippen LogP contribution is -2.48.